The predicted octanol–water partition coefficient (Wildman–Crippen LogP) is 4.44. The zero-order valence-electron chi connectivity index (χ0n) is 21.3. The average molecular weight is 522 g/mol. The molecule has 0 radical (unpaired) electrons. The van der Waals surface area contributed by atoms with Crippen molar-refractivity contribution in [3.63, 3.8) is 0 Å². The number of amides is 2. The first-order valence-electron chi connectivity index (χ1n) is 11.7. The maximum Gasteiger partial charge on any atom is 0.242 e. The van der Waals surface area contributed by atoms with Gasteiger partial charge in [-0.05, 0) is 82.0 Å². The highest BCUT2D eigenvalue weighted by Gasteiger charge is 2.27. The molecule has 0 fully saturated rings. The Balaban J connectivity index is 2.19. The van der Waals surface area contributed by atoms with Gasteiger partial charge in [-0.3, -0.25) is 13.9 Å². The Kier molecular flexibility index (Phi) is 10.2. The van der Waals surface area contributed by atoms with E-state index >= 15 is 0 Å². The summed E-state index contributed by atoms with van der Waals surface area (Å²) in [6, 6.07) is 11.9. The summed E-state index contributed by atoms with van der Waals surface area (Å²) in [7, 11) is -3.53. The van der Waals surface area contributed by atoms with Gasteiger partial charge in [0.1, 0.15) is 6.04 Å². The molecule has 2 rings (SSSR count). The van der Waals surface area contributed by atoms with E-state index in [1.165, 1.54) is 9.21 Å². The lowest BCUT2D eigenvalue weighted by Crippen LogP contribution is -2.49. The van der Waals surface area contributed by atoms with Gasteiger partial charge in [-0.2, -0.15) is 0 Å². The number of sulfonamides is 1. The quantitative estimate of drug-likeness (QED) is 0.473. The van der Waals surface area contributed by atoms with E-state index in [-0.39, 0.29) is 37.4 Å². The van der Waals surface area contributed by atoms with Crippen LogP contribution in [0.25, 0.3) is 0 Å². The average Bonchev–Trinajstić information content (AvgIpc) is 2.75. The number of hydrogen-bond donors (Lipinski definition) is 1. The van der Waals surface area contributed by atoms with E-state index in [1.807, 2.05) is 45.9 Å². The first-order valence-corrected chi connectivity index (χ1v) is 13.9. The van der Waals surface area contributed by atoms with Crippen molar-refractivity contribution in [2.45, 2.75) is 66.1 Å². The second-order valence-corrected chi connectivity index (χ2v) is 11.5. The van der Waals surface area contributed by atoms with Crippen LogP contribution in [0.1, 0.15) is 50.3 Å². The molecule has 0 aromatic heterocycles. The summed E-state index contributed by atoms with van der Waals surface area (Å²) in [5.74, 6) is -0.479. The highest BCUT2D eigenvalue weighted by molar-refractivity contribution is 7.92. The van der Waals surface area contributed by atoms with Gasteiger partial charge >= 0.3 is 0 Å². The number of hydrogen-bond acceptors (Lipinski definition) is 4. The summed E-state index contributed by atoms with van der Waals surface area (Å²) in [6.07, 6.45) is 1.56. The molecule has 35 heavy (non-hydrogen) atoms. The number of carbonyl (C=O) groups is 2. The molecule has 0 saturated heterocycles. The molecule has 0 spiro atoms. The minimum absolute atomic E-state index is 0.0608. The van der Waals surface area contributed by atoms with E-state index < -0.39 is 16.1 Å². The van der Waals surface area contributed by atoms with E-state index in [1.54, 1.807) is 31.2 Å². The number of benzene rings is 2. The van der Waals surface area contributed by atoms with Crippen molar-refractivity contribution in [3.8, 4) is 0 Å². The lowest BCUT2D eigenvalue weighted by atomic mass is 10.1. The monoisotopic (exact) mass is 521 g/mol. The second kappa shape index (κ2) is 12.4. The van der Waals surface area contributed by atoms with Crippen LogP contribution in [0.4, 0.5) is 5.69 Å². The number of aryl methyl sites for hydroxylation is 2. The van der Waals surface area contributed by atoms with Crippen LogP contribution in [-0.2, 0) is 26.2 Å². The molecule has 0 aliphatic rings. The molecule has 7 nitrogen and oxygen atoms in total. The Morgan fingerprint density at radius 2 is 1.71 bits per heavy atom. The van der Waals surface area contributed by atoms with Gasteiger partial charge in [0.15, 0.2) is 0 Å². The largest absolute Gasteiger partial charge is 0.352 e. The van der Waals surface area contributed by atoms with Gasteiger partial charge in [-0.1, -0.05) is 29.8 Å². The van der Waals surface area contributed by atoms with Crippen molar-refractivity contribution in [3.05, 3.63) is 64.2 Å². The smallest absolute Gasteiger partial charge is 0.242 e. The third-order valence-electron chi connectivity index (χ3n) is 5.77. The topological polar surface area (TPSA) is 86.8 Å². The van der Waals surface area contributed by atoms with Crippen molar-refractivity contribution in [1.82, 2.24) is 10.2 Å². The minimum atomic E-state index is -3.53. The molecule has 0 saturated carbocycles. The SMILES string of the molecule is Cc1ccc(N(CCCC(=O)N(Cc2cccc(Cl)c2)[C@H](C)C(=O)NC(C)C)S(C)(=O)=O)cc1C. The van der Waals surface area contributed by atoms with Crippen molar-refractivity contribution in [1.29, 1.82) is 0 Å². The van der Waals surface area contributed by atoms with E-state index in [0.717, 1.165) is 22.9 Å². The summed E-state index contributed by atoms with van der Waals surface area (Å²) in [4.78, 5) is 27.5. The Morgan fingerprint density at radius 1 is 1.03 bits per heavy atom. The first kappa shape index (κ1) is 28.7. The number of carbonyl (C=O) groups excluding carboxylic acids is 2. The molecule has 2 aromatic carbocycles. The predicted molar refractivity (Wildman–Crippen MR) is 142 cm³/mol. The molecule has 192 valence electrons. The molecule has 2 aromatic rings. The molecule has 9 heteroatoms. The maximum atomic E-state index is 13.3. The molecule has 2 amide bonds. The van der Waals surface area contributed by atoms with Crippen molar-refractivity contribution in [2.75, 3.05) is 17.1 Å². The second-order valence-electron chi connectivity index (χ2n) is 9.20. The van der Waals surface area contributed by atoms with Crippen LogP contribution >= 0.6 is 11.6 Å². The van der Waals surface area contributed by atoms with Crippen LogP contribution in [-0.4, -0.2) is 50.0 Å². The fraction of sp³-hybridized carbons (Fsp3) is 0.462. The van der Waals surface area contributed by atoms with Crippen LogP contribution < -0.4 is 9.62 Å². The highest BCUT2D eigenvalue weighted by Crippen LogP contribution is 2.22. The fourth-order valence-electron chi connectivity index (χ4n) is 3.70. The molecule has 0 bridgehead atoms. The van der Waals surface area contributed by atoms with Crippen molar-refractivity contribution in [2.24, 2.45) is 0 Å². The van der Waals surface area contributed by atoms with Gasteiger partial charge in [-0.25, -0.2) is 8.42 Å². The third-order valence-corrected chi connectivity index (χ3v) is 7.20. The van der Waals surface area contributed by atoms with Crippen LogP contribution in [0.3, 0.4) is 0 Å². The lowest BCUT2D eigenvalue weighted by molar-refractivity contribution is -0.140. The molecular formula is C26H36ClN3O4S. The summed E-state index contributed by atoms with van der Waals surface area (Å²) in [5, 5.41) is 3.40. The van der Waals surface area contributed by atoms with Gasteiger partial charge in [0.2, 0.25) is 21.8 Å². The summed E-state index contributed by atoms with van der Waals surface area (Å²) in [6.45, 7) is 9.69. The fourth-order valence-corrected chi connectivity index (χ4v) is 4.87. The van der Waals surface area contributed by atoms with E-state index in [2.05, 4.69) is 5.32 Å². The van der Waals surface area contributed by atoms with E-state index in [0.29, 0.717) is 17.1 Å². The standard InChI is InChI=1S/C26H36ClN3O4S/c1-18(2)28-26(32)21(5)29(17-22-9-7-10-23(27)16-22)25(31)11-8-14-30(35(6,33)34)24-13-12-19(3)20(4)15-24/h7,9-10,12-13,15-16,18,21H,8,11,14,17H2,1-6H3,(H,28,32)/t21-/m1/s1. The third kappa shape index (κ3) is 8.54. The normalized spacial score (nSPS) is 12.3. The Morgan fingerprint density at radius 3 is 2.29 bits per heavy atom. The van der Waals surface area contributed by atoms with E-state index in [4.69, 9.17) is 11.6 Å². The first-order chi connectivity index (χ1) is 16.3. The van der Waals surface area contributed by atoms with Crippen LogP contribution in [0, 0.1) is 13.8 Å². The Labute approximate surface area is 214 Å². The van der Waals surface area contributed by atoms with Crippen LogP contribution in [0.2, 0.25) is 5.02 Å². The van der Waals surface area contributed by atoms with Gasteiger partial charge in [0.05, 0.1) is 11.9 Å². The van der Waals surface area contributed by atoms with Crippen LogP contribution in [0.15, 0.2) is 42.5 Å². The van der Waals surface area contributed by atoms with Crippen molar-refractivity contribution >= 4 is 39.1 Å². The number of anilines is 1. The molecule has 0 aliphatic heterocycles. The molecule has 0 heterocycles. The molecular weight excluding hydrogens is 486 g/mol. The van der Waals surface area contributed by atoms with Crippen molar-refractivity contribution < 1.29 is 18.0 Å². The summed E-state index contributed by atoms with van der Waals surface area (Å²) < 4.78 is 26.3. The van der Waals surface area contributed by atoms with Gasteiger partial charge in [0, 0.05) is 30.6 Å². The number of halogens is 1. The lowest BCUT2D eigenvalue weighted by Gasteiger charge is -2.30. The molecule has 1 N–H and O–H groups in total. The highest BCUT2D eigenvalue weighted by atomic mass is 35.5. The van der Waals surface area contributed by atoms with Gasteiger partial charge in [-0.15, -0.1) is 0 Å². The maximum absolute atomic E-state index is 13.3. The summed E-state index contributed by atoms with van der Waals surface area (Å²) >= 11 is 6.11. The Bertz CT molecular complexity index is 1150. The number of rotatable bonds is 11. The van der Waals surface area contributed by atoms with E-state index in [9.17, 15) is 18.0 Å². The zero-order chi connectivity index (χ0) is 26.3. The van der Waals surface area contributed by atoms with Crippen LogP contribution in [0.5, 0.6) is 0 Å². The summed E-state index contributed by atoms with van der Waals surface area (Å²) in [5.41, 5.74) is 3.44. The minimum Gasteiger partial charge on any atom is -0.352 e. The Hall–Kier alpha value is -2.58. The molecule has 0 unspecified atom stereocenters. The molecule has 1 atom stereocenters. The number of nitrogens with one attached hydrogen (secondary N) is 1. The zero-order valence-corrected chi connectivity index (χ0v) is 22.9. The van der Waals surface area contributed by atoms with Gasteiger partial charge < -0.3 is 10.2 Å². The van der Waals surface area contributed by atoms with Gasteiger partial charge in [0.25, 0.3) is 0 Å². The number of nitrogens with zero attached hydrogens (tertiary/aromatic N) is 2. The molecule has 0 aliphatic carbocycles.